The average Bonchev–Trinajstić information content (AvgIpc) is 2.28. The van der Waals surface area contributed by atoms with E-state index in [0.717, 1.165) is 21.6 Å². The third-order valence-electron chi connectivity index (χ3n) is 2.51. The van der Waals surface area contributed by atoms with Crippen LogP contribution >= 0.6 is 27.5 Å². The Kier molecular flexibility index (Phi) is 3.74. The summed E-state index contributed by atoms with van der Waals surface area (Å²) >= 11 is 9.50. The quantitative estimate of drug-likeness (QED) is 0.700. The highest BCUT2D eigenvalue weighted by molar-refractivity contribution is 9.10. The Hall–Kier alpha value is -0.930. The van der Waals surface area contributed by atoms with Crippen molar-refractivity contribution in [2.45, 2.75) is 26.2 Å². The Morgan fingerprint density at radius 2 is 1.67 bits per heavy atom. The van der Waals surface area contributed by atoms with E-state index in [2.05, 4.69) is 46.7 Å². The van der Waals surface area contributed by atoms with Crippen LogP contribution in [0, 0.1) is 0 Å². The Labute approximate surface area is 121 Å². The lowest BCUT2D eigenvalue weighted by Crippen LogP contribution is -2.16. The van der Waals surface area contributed by atoms with Crippen molar-refractivity contribution >= 4 is 27.5 Å². The first kappa shape index (κ1) is 13.5. The van der Waals surface area contributed by atoms with Crippen LogP contribution < -0.4 is 0 Å². The third kappa shape index (κ3) is 3.09. The minimum atomic E-state index is -0.116. The number of hydrogen-bond donors (Lipinski definition) is 0. The van der Waals surface area contributed by atoms with Crippen LogP contribution in [0.15, 0.2) is 34.8 Å². The SMILES string of the molecule is CC(C)(C)c1nc(Cl)cc(-c2ccc(Br)cc2)n1. The number of aromatic nitrogens is 2. The standard InChI is InChI=1S/C14H14BrClN2/c1-14(2,3)13-17-11(8-12(16)18-13)9-4-6-10(15)7-5-9/h4-8H,1-3H3. The Morgan fingerprint density at radius 3 is 2.22 bits per heavy atom. The normalized spacial score (nSPS) is 11.6. The predicted molar refractivity (Wildman–Crippen MR) is 78.9 cm³/mol. The van der Waals surface area contributed by atoms with Crippen LogP contribution in [0.2, 0.25) is 5.15 Å². The van der Waals surface area contributed by atoms with Crippen LogP contribution in [-0.4, -0.2) is 9.97 Å². The highest BCUT2D eigenvalue weighted by Crippen LogP contribution is 2.26. The zero-order valence-corrected chi connectivity index (χ0v) is 12.9. The van der Waals surface area contributed by atoms with Gasteiger partial charge >= 0.3 is 0 Å². The molecule has 0 N–H and O–H groups in total. The van der Waals surface area contributed by atoms with Crippen molar-refractivity contribution in [3.8, 4) is 11.3 Å². The van der Waals surface area contributed by atoms with E-state index in [1.54, 1.807) is 6.07 Å². The molecule has 4 heteroatoms. The van der Waals surface area contributed by atoms with Crippen LogP contribution in [0.25, 0.3) is 11.3 Å². The molecule has 0 saturated carbocycles. The molecule has 0 aliphatic rings. The van der Waals surface area contributed by atoms with E-state index >= 15 is 0 Å². The minimum absolute atomic E-state index is 0.116. The van der Waals surface area contributed by atoms with E-state index in [-0.39, 0.29) is 5.41 Å². The molecule has 0 aliphatic heterocycles. The summed E-state index contributed by atoms with van der Waals surface area (Å²) in [5.74, 6) is 0.757. The van der Waals surface area contributed by atoms with E-state index < -0.39 is 0 Å². The Morgan fingerprint density at radius 1 is 1.06 bits per heavy atom. The summed E-state index contributed by atoms with van der Waals surface area (Å²) in [7, 11) is 0. The van der Waals surface area contributed by atoms with Crippen LogP contribution in [-0.2, 0) is 5.41 Å². The van der Waals surface area contributed by atoms with E-state index in [0.29, 0.717) is 5.15 Å². The van der Waals surface area contributed by atoms with Gasteiger partial charge in [0.1, 0.15) is 11.0 Å². The highest BCUT2D eigenvalue weighted by Gasteiger charge is 2.19. The number of rotatable bonds is 1. The first-order valence-electron chi connectivity index (χ1n) is 5.67. The highest BCUT2D eigenvalue weighted by atomic mass is 79.9. The minimum Gasteiger partial charge on any atom is -0.232 e. The second-order valence-electron chi connectivity index (χ2n) is 5.16. The fraction of sp³-hybridized carbons (Fsp3) is 0.286. The Bertz CT molecular complexity index is 559. The molecule has 0 unspecified atom stereocenters. The molecule has 18 heavy (non-hydrogen) atoms. The van der Waals surface area contributed by atoms with E-state index in [1.165, 1.54) is 0 Å². The van der Waals surface area contributed by atoms with Gasteiger partial charge in [-0.1, -0.05) is 60.4 Å². The van der Waals surface area contributed by atoms with Gasteiger partial charge in [-0.25, -0.2) is 9.97 Å². The molecular formula is C14H14BrClN2. The smallest absolute Gasteiger partial charge is 0.136 e. The number of nitrogens with zero attached hydrogens (tertiary/aromatic N) is 2. The topological polar surface area (TPSA) is 25.8 Å². The molecule has 1 aromatic carbocycles. The number of hydrogen-bond acceptors (Lipinski definition) is 2. The lowest BCUT2D eigenvalue weighted by Gasteiger charge is -2.17. The van der Waals surface area contributed by atoms with Crippen molar-refractivity contribution in [1.82, 2.24) is 9.97 Å². The summed E-state index contributed by atoms with van der Waals surface area (Å²) in [6.07, 6.45) is 0. The summed E-state index contributed by atoms with van der Waals surface area (Å²) in [5.41, 5.74) is 1.77. The zero-order chi connectivity index (χ0) is 13.3. The summed E-state index contributed by atoms with van der Waals surface area (Å²) in [6, 6.07) is 9.79. The average molecular weight is 326 g/mol. The summed E-state index contributed by atoms with van der Waals surface area (Å²) in [4.78, 5) is 8.89. The molecule has 2 aromatic rings. The molecule has 0 fully saturated rings. The van der Waals surface area contributed by atoms with Gasteiger partial charge in [0.05, 0.1) is 5.69 Å². The molecule has 2 nitrogen and oxygen atoms in total. The molecule has 2 rings (SSSR count). The molecule has 0 radical (unpaired) electrons. The predicted octanol–water partition coefficient (Wildman–Crippen LogP) is 4.86. The van der Waals surface area contributed by atoms with Crippen LogP contribution in [0.5, 0.6) is 0 Å². The van der Waals surface area contributed by atoms with Gasteiger partial charge in [0.2, 0.25) is 0 Å². The van der Waals surface area contributed by atoms with Gasteiger partial charge in [-0.3, -0.25) is 0 Å². The lowest BCUT2D eigenvalue weighted by atomic mass is 9.95. The van der Waals surface area contributed by atoms with Crippen molar-refractivity contribution in [2.24, 2.45) is 0 Å². The molecule has 1 aromatic heterocycles. The van der Waals surface area contributed by atoms with Crippen molar-refractivity contribution in [2.75, 3.05) is 0 Å². The fourth-order valence-corrected chi connectivity index (χ4v) is 1.97. The number of halogens is 2. The maximum Gasteiger partial charge on any atom is 0.136 e. The van der Waals surface area contributed by atoms with Crippen molar-refractivity contribution in [3.05, 3.63) is 45.8 Å². The number of benzene rings is 1. The summed E-state index contributed by atoms with van der Waals surface area (Å²) < 4.78 is 1.04. The maximum atomic E-state index is 6.08. The van der Waals surface area contributed by atoms with Crippen LogP contribution in [0.4, 0.5) is 0 Å². The van der Waals surface area contributed by atoms with Crippen LogP contribution in [0.3, 0.4) is 0 Å². The molecule has 0 saturated heterocycles. The summed E-state index contributed by atoms with van der Waals surface area (Å²) in [6.45, 7) is 6.22. The largest absolute Gasteiger partial charge is 0.232 e. The fourth-order valence-electron chi connectivity index (χ4n) is 1.52. The molecular weight excluding hydrogens is 312 g/mol. The third-order valence-corrected chi connectivity index (χ3v) is 3.23. The van der Waals surface area contributed by atoms with Crippen molar-refractivity contribution in [1.29, 1.82) is 0 Å². The molecule has 0 atom stereocenters. The van der Waals surface area contributed by atoms with Gasteiger partial charge in [0, 0.05) is 21.5 Å². The zero-order valence-electron chi connectivity index (χ0n) is 10.5. The molecule has 0 aliphatic carbocycles. The van der Waals surface area contributed by atoms with Crippen molar-refractivity contribution in [3.63, 3.8) is 0 Å². The van der Waals surface area contributed by atoms with Gasteiger partial charge in [-0.05, 0) is 12.1 Å². The summed E-state index contributed by atoms with van der Waals surface area (Å²) in [5, 5.41) is 0.479. The van der Waals surface area contributed by atoms with Gasteiger partial charge in [-0.2, -0.15) is 0 Å². The van der Waals surface area contributed by atoms with Crippen molar-refractivity contribution < 1.29 is 0 Å². The molecule has 0 spiro atoms. The van der Waals surface area contributed by atoms with Gasteiger partial charge < -0.3 is 0 Å². The first-order valence-corrected chi connectivity index (χ1v) is 6.84. The lowest BCUT2D eigenvalue weighted by molar-refractivity contribution is 0.546. The first-order chi connectivity index (χ1) is 8.36. The van der Waals surface area contributed by atoms with Gasteiger partial charge in [0.25, 0.3) is 0 Å². The molecule has 0 amide bonds. The van der Waals surface area contributed by atoms with E-state index in [1.807, 2.05) is 24.3 Å². The molecule has 94 valence electrons. The second kappa shape index (κ2) is 4.98. The van der Waals surface area contributed by atoms with E-state index in [4.69, 9.17) is 11.6 Å². The van der Waals surface area contributed by atoms with Gasteiger partial charge in [0.15, 0.2) is 0 Å². The van der Waals surface area contributed by atoms with Crippen LogP contribution in [0.1, 0.15) is 26.6 Å². The van der Waals surface area contributed by atoms with E-state index in [9.17, 15) is 0 Å². The molecule has 0 bridgehead atoms. The Balaban J connectivity index is 2.52. The second-order valence-corrected chi connectivity index (χ2v) is 6.46. The maximum absolute atomic E-state index is 6.08. The monoisotopic (exact) mass is 324 g/mol. The van der Waals surface area contributed by atoms with Gasteiger partial charge in [-0.15, -0.1) is 0 Å². The molecule has 1 heterocycles.